The number of aliphatic hydroxyl groups is 2. The third-order valence-electron chi connectivity index (χ3n) is 7.45. The van der Waals surface area contributed by atoms with Crippen molar-refractivity contribution < 1.29 is 19.2 Å². The standard InChI is InChI=1S/C31H28ClFN4O3S2/c1-17-11-21(8-9-24(17)32)20-3-2-4-22(15-20)29-23(12-19-7-10-28(42(34)40)25(33)13-19)27(14-18-5-6-18)37(36-29)31-35-26(16-41-31)30(38)39/h2-4,7-11,13,15-16,18,30,38-39H,5-6,12,14,34H2,1H3. The third-order valence-corrected chi connectivity index (χ3v) is 9.47. The molecule has 11 heteroatoms. The number of hydrogen-bond acceptors (Lipinski definition) is 7. The van der Waals surface area contributed by atoms with Crippen LogP contribution >= 0.6 is 22.9 Å². The van der Waals surface area contributed by atoms with Gasteiger partial charge in [0.2, 0.25) is 10.0 Å². The van der Waals surface area contributed by atoms with Gasteiger partial charge in [0.05, 0.1) is 22.7 Å². The second-order valence-corrected chi connectivity index (χ2v) is 12.8. The molecule has 5 aromatic rings. The van der Waals surface area contributed by atoms with Crippen LogP contribution in [0.4, 0.5) is 4.39 Å². The van der Waals surface area contributed by atoms with E-state index in [4.69, 9.17) is 21.8 Å². The second kappa shape index (κ2) is 11.9. The van der Waals surface area contributed by atoms with Gasteiger partial charge < -0.3 is 14.8 Å². The Bertz CT molecular complexity index is 1770. The summed E-state index contributed by atoms with van der Waals surface area (Å²) in [6, 6.07) is 18.6. The number of aromatic nitrogens is 3. The highest BCUT2D eigenvalue weighted by Crippen LogP contribution is 2.39. The zero-order chi connectivity index (χ0) is 29.5. The van der Waals surface area contributed by atoms with E-state index >= 15 is 0 Å². The van der Waals surface area contributed by atoms with Crippen molar-refractivity contribution in [3.8, 4) is 27.5 Å². The quantitative estimate of drug-likeness (QED) is 0.132. The molecule has 2 heterocycles. The van der Waals surface area contributed by atoms with Crippen molar-refractivity contribution in [1.29, 1.82) is 0 Å². The summed E-state index contributed by atoms with van der Waals surface area (Å²) in [4.78, 5) is 4.41. The number of benzene rings is 3. The van der Waals surface area contributed by atoms with Gasteiger partial charge in [0.25, 0.3) is 0 Å². The highest BCUT2D eigenvalue weighted by molar-refractivity contribution is 7.89. The number of nitrogens with zero attached hydrogens (tertiary/aromatic N) is 3. The first-order chi connectivity index (χ1) is 20.2. The number of nitrogens with two attached hydrogens (primary N) is 1. The average Bonchev–Trinajstić information content (AvgIpc) is 3.52. The van der Waals surface area contributed by atoms with Crippen molar-refractivity contribution >= 4 is 34.3 Å². The number of rotatable bonds is 9. The van der Waals surface area contributed by atoms with E-state index in [2.05, 4.69) is 11.1 Å². The van der Waals surface area contributed by atoms with Gasteiger partial charge in [-0.1, -0.05) is 41.9 Å². The minimum absolute atomic E-state index is 0.0447. The number of hydrogen-bond donors (Lipinski definition) is 3. The SMILES string of the molecule is Cc1cc(-c2cccc(-c3nn(-c4nc(C(O)O)cs4)c(CC4CC4)c3Cc3ccc([S+](N)[O-])c(F)c3)c2)ccc1Cl. The van der Waals surface area contributed by atoms with Crippen LogP contribution in [-0.2, 0) is 24.2 Å². The van der Waals surface area contributed by atoms with Crippen molar-refractivity contribution in [3.63, 3.8) is 0 Å². The fraction of sp³-hybridized carbons (Fsp3) is 0.226. The van der Waals surface area contributed by atoms with Gasteiger partial charge in [0.1, 0.15) is 5.69 Å². The van der Waals surface area contributed by atoms with E-state index < -0.39 is 23.5 Å². The lowest BCUT2D eigenvalue weighted by Crippen LogP contribution is -2.14. The molecule has 0 amide bonds. The minimum Gasteiger partial charge on any atom is -0.593 e. The van der Waals surface area contributed by atoms with Gasteiger partial charge in [-0.2, -0.15) is 5.10 Å². The molecule has 2 aromatic heterocycles. The smallest absolute Gasteiger partial charge is 0.210 e. The maximum atomic E-state index is 14.8. The highest BCUT2D eigenvalue weighted by Gasteiger charge is 2.29. The Morgan fingerprint density at radius 2 is 1.88 bits per heavy atom. The van der Waals surface area contributed by atoms with E-state index in [9.17, 15) is 19.2 Å². The second-order valence-electron chi connectivity index (χ2n) is 10.5. The normalized spacial score (nSPS) is 14.1. The summed E-state index contributed by atoms with van der Waals surface area (Å²) >= 11 is 5.63. The molecule has 1 aliphatic rings. The van der Waals surface area contributed by atoms with E-state index in [1.54, 1.807) is 16.1 Å². The van der Waals surface area contributed by atoms with Crippen molar-refractivity contribution in [2.24, 2.45) is 11.1 Å². The zero-order valence-corrected chi connectivity index (χ0v) is 25.0. The molecule has 1 atom stereocenters. The first kappa shape index (κ1) is 29.0. The predicted octanol–water partition coefficient (Wildman–Crippen LogP) is 6.27. The Morgan fingerprint density at radius 1 is 1.12 bits per heavy atom. The third kappa shape index (κ3) is 6.02. The summed E-state index contributed by atoms with van der Waals surface area (Å²) < 4.78 is 28.4. The molecule has 1 fully saturated rings. The molecule has 7 nitrogen and oxygen atoms in total. The van der Waals surface area contributed by atoms with Crippen LogP contribution in [0.3, 0.4) is 0 Å². The molecule has 0 spiro atoms. The Labute approximate surface area is 254 Å². The van der Waals surface area contributed by atoms with Gasteiger partial charge in [0.15, 0.2) is 12.1 Å². The number of thiazole rings is 1. The van der Waals surface area contributed by atoms with Crippen LogP contribution in [0, 0.1) is 18.7 Å². The van der Waals surface area contributed by atoms with Crippen LogP contribution in [0.15, 0.2) is 70.9 Å². The first-order valence-electron chi connectivity index (χ1n) is 13.4. The molecule has 1 aliphatic carbocycles. The van der Waals surface area contributed by atoms with Crippen LogP contribution < -0.4 is 5.14 Å². The van der Waals surface area contributed by atoms with Crippen molar-refractivity contribution in [1.82, 2.24) is 14.8 Å². The Hall–Kier alpha value is -3.09. The molecule has 0 radical (unpaired) electrons. The fourth-order valence-electron chi connectivity index (χ4n) is 5.05. The molecular weight excluding hydrogens is 595 g/mol. The molecule has 0 saturated heterocycles. The average molecular weight is 623 g/mol. The molecule has 4 N–H and O–H groups in total. The van der Waals surface area contributed by atoms with Crippen LogP contribution in [-0.4, -0.2) is 29.5 Å². The maximum Gasteiger partial charge on any atom is 0.210 e. The molecule has 42 heavy (non-hydrogen) atoms. The van der Waals surface area contributed by atoms with Gasteiger partial charge in [-0.3, -0.25) is 0 Å². The Morgan fingerprint density at radius 3 is 2.55 bits per heavy atom. The van der Waals surface area contributed by atoms with Crippen molar-refractivity contribution in [3.05, 3.63) is 105 Å². The lowest BCUT2D eigenvalue weighted by atomic mass is 9.95. The molecule has 1 saturated carbocycles. The highest BCUT2D eigenvalue weighted by atomic mass is 35.5. The van der Waals surface area contributed by atoms with Crippen LogP contribution in [0.5, 0.6) is 0 Å². The van der Waals surface area contributed by atoms with Gasteiger partial charge in [0, 0.05) is 28.0 Å². The Kier molecular flexibility index (Phi) is 8.21. The zero-order valence-electron chi connectivity index (χ0n) is 22.6. The lowest BCUT2D eigenvalue weighted by molar-refractivity contribution is -0.0454. The summed E-state index contributed by atoms with van der Waals surface area (Å²) in [7, 11) is 0. The van der Waals surface area contributed by atoms with Crippen LogP contribution in [0.2, 0.25) is 5.02 Å². The van der Waals surface area contributed by atoms with Crippen LogP contribution in [0.25, 0.3) is 27.5 Å². The van der Waals surface area contributed by atoms with E-state index in [0.29, 0.717) is 28.1 Å². The number of halogens is 2. The molecule has 6 rings (SSSR count). The monoisotopic (exact) mass is 622 g/mol. The summed E-state index contributed by atoms with van der Waals surface area (Å²) in [5, 5.41) is 32.7. The number of aryl methyl sites for hydroxylation is 1. The first-order valence-corrected chi connectivity index (χ1v) is 15.9. The molecule has 216 valence electrons. The Balaban J connectivity index is 1.51. The molecule has 0 aliphatic heterocycles. The summed E-state index contributed by atoms with van der Waals surface area (Å²) in [6.07, 6.45) is 1.65. The topological polar surface area (TPSA) is 120 Å². The summed E-state index contributed by atoms with van der Waals surface area (Å²) in [5.41, 5.74) is 7.31. The number of aliphatic hydroxyl groups excluding tert-OH is 1. The summed E-state index contributed by atoms with van der Waals surface area (Å²) in [5.74, 6) is -0.121. The largest absolute Gasteiger partial charge is 0.593 e. The predicted molar refractivity (Wildman–Crippen MR) is 163 cm³/mol. The molecular formula is C31H28ClFN4O3S2. The lowest BCUT2D eigenvalue weighted by Gasteiger charge is -2.11. The summed E-state index contributed by atoms with van der Waals surface area (Å²) in [6.45, 7) is 1.97. The van der Waals surface area contributed by atoms with E-state index in [-0.39, 0.29) is 10.6 Å². The van der Waals surface area contributed by atoms with Gasteiger partial charge in [-0.15, -0.1) is 16.5 Å². The van der Waals surface area contributed by atoms with Gasteiger partial charge >= 0.3 is 0 Å². The maximum absolute atomic E-state index is 14.8. The molecule has 1 unspecified atom stereocenters. The van der Waals surface area contributed by atoms with Crippen molar-refractivity contribution in [2.45, 2.75) is 43.8 Å². The van der Waals surface area contributed by atoms with Crippen molar-refractivity contribution in [2.75, 3.05) is 0 Å². The van der Waals surface area contributed by atoms with E-state index in [1.165, 1.54) is 23.5 Å². The molecule has 3 aromatic carbocycles. The van der Waals surface area contributed by atoms with Crippen LogP contribution in [0.1, 0.15) is 47.2 Å². The fourth-order valence-corrected chi connectivity index (χ4v) is 6.43. The minimum atomic E-state index is -1.93. The molecule has 0 bridgehead atoms. The van der Waals surface area contributed by atoms with Gasteiger partial charge in [-0.05, 0) is 84.7 Å². The van der Waals surface area contributed by atoms with E-state index in [0.717, 1.165) is 58.5 Å². The van der Waals surface area contributed by atoms with E-state index in [1.807, 2.05) is 43.3 Å². The van der Waals surface area contributed by atoms with Gasteiger partial charge in [-0.25, -0.2) is 14.1 Å².